The third-order valence-electron chi connectivity index (χ3n) is 3.67. The summed E-state index contributed by atoms with van der Waals surface area (Å²) < 4.78 is 6.20. The lowest BCUT2D eigenvalue weighted by Crippen LogP contribution is -2.36. The Bertz CT molecular complexity index is 886. The first kappa shape index (κ1) is 18.4. The van der Waals surface area contributed by atoms with Crippen LogP contribution in [0.5, 0.6) is 0 Å². The molecule has 0 saturated carbocycles. The number of aryl methyl sites for hydroxylation is 1. The van der Waals surface area contributed by atoms with Crippen molar-refractivity contribution in [2.45, 2.75) is 13.8 Å². The molecule has 7 nitrogen and oxygen atoms in total. The molecule has 0 saturated heterocycles. The summed E-state index contributed by atoms with van der Waals surface area (Å²) in [5.41, 5.74) is 0.544. The first-order valence-corrected chi connectivity index (χ1v) is 7.90. The molecule has 0 atom stereocenters. The summed E-state index contributed by atoms with van der Waals surface area (Å²) in [6.45, 7) is 7.95. The average molecular weight is 343 g/mol. The summed E-state index contributed by atoms with van der Waals surface area (Å²) in [7, 11) is 1.46. The second kappa shape index (κ2) is 7.74. The van der Waals surface area contributed by atoms with Gasteiger partial charge in [0.05, 0.1) is 5.39 Å². The number of amides is 1. The Kier molecular flexibility index (Phi) is 5.69. The van der Waals surface area contributed by atoms with Crippen molar-refractivity contribution in [2.75, 3.05) is 19.7 Å². The number of carbonyl (C=O) groups is 2. The first-order chi connectivity index (χ1) is 11.8. The van der Waals surface area contributed by atoms with Crippen molar-refractivity contribution in [3.8, 4) is 0 Å². The molecule has 0 aliphatic rings. The Labute approximate surface area is 145 Å². The lowest BCUT2D eigenvalue weighted by molar-refractivity contribution is -0.133. The van der Waals surface area contributed by atoms with Crippen molar-refractivity contribution in [3.63, 3.8) is 0 Å². The Hall–Kier alpha value is -2.96. The van der Waals surface area contributed by atoms with Crippen LogP contribution in [0.2, 0.25) is 0 Å². The third-order valence-corrected chi connectivity index (χ3v) is 3.67. The topological polar surface area (TPSA) is 81.5 Å². The zero-order chi connectivity index (χ0) is 18.6. The minimum Gasteiger partial charge on any atom is -0.451 e. The molecule has 1 heterocycles. The van der Waals surface area contributed by atoms with Crippen molar-refractivity contribution in [1.29, 1.82) is 0 Å². The van der Waals surface area contributed by atoms with Gasteiger partial charge in [-0.2, -0.15) is 5.10 Å². The van der Waals surface area contributed by atoms with Crippen molar-refractivity contribution in [2.24, 2.45) is 7.05 Å². The molecular formula is C18H21N3O4. The zero-order valence-electron chi connectivity index (χ0n) is 14.6. The van der Waals surface area contributed by atoms with Crippen LogP contribution in [-0.2, 0) is 16.6 Å². The van der Waals surface area contributed by atoms with Gasteiger partial charge in [-0.25, -0.2) is 9.48 Å². The maximum atomic E-state index is 12.4. The van der Waals surface area contributed by atoms with E-state index in [4.69, 9.17) is 4.74 Å². The minimum absolute atomic E-state index is 0.00782. The summed E-state index contributed by atoms with van der Waals surface area (Å²) in [4.78, 5) is 38.2. The smallest absolute Gasteiger partial charge is 0.359 e. The third kappa shape index (κ3) is 4.12. The lowest BCUT2D eigenvalue weighted by atomic mass is 10.1. The maximum absolute atomic E-state index is 12.4. The van der Waals surface area contributed by atoms with Crippen molar-refractivity contribution < 1.29 is 14.3 Å². The number of aromatic nitrogens is 2. The Morgan fingerprint density at radius 2 is 1.92 bits per heavy atom. The van der Waals surface area contributed by atoms with Crippen LogP contribution < -0.4 is 5.56 Å². The molecule has 0 bridgehead atoms. The second-order valence-corrected chi connectivity index (χ2v) is 5.76. The van der Waals surface area contributed by atoms with Crippen LogP contribution in [0, 0.1) is 0 Å². The Morgan fingerprint density at radius 3 is 2.52 bits per heavy atom. The van der Waals surface area contributed by atoms with E-state index in [0.29, 0.717) is 23.9 Å². The van der Waals surface area contributed by atoms with Gasteiger partial charge in [-0.1, -0.05) is 30.4 Å². The van der Waals surface area contributed by atoms with Crippen molar-refractivity contribution in [1.82, 2.24) is 14.7 Å². The molecule has 1 amide bonds. The molecule has 2 rings (SSSR count). The quantitative estimate of drug-likeness (QED) is 0.587. The summed E-state index contributed by atoms with van der Waals surface area (Å²) in [5.74, 6) is -1.06. The van der Waals surface area contributed by atoms with E-state index in [1.165, 1.54) is 7.05 Å². The van der Waals surface area contributed by atoms with Gasteiger partial charge < -0.3 is 9.64 Å². The second-order valence-electron chi connectivity index (χ2n) is 5.76. The number of hydrogen-bond acceptors (Lipinski definition) is 5. The molecule has 132 valence electrons. The number of likely N-dealkylation sites (N-methyl/N-ethyl adjacent to an activating group) is 1. The highest BCUT2D eigenvalue weighted by Gasteiger charge is 2.19. The number of hydrogen-bond donors (Lipinski definition) is 0. The summed E-state index contributed by atoms with van der Waals surface area (Å²) in [6.07, 6.45) is 0. The Balaban J connectivity index is 2.21. The summed E-state index contributed by atoms with van der Waals surface area (Å²) >= 11 is 0. The molecule has 0 spiro atoms. The fraction of sp³-hybridized carbons (Fsp3) is 0.333. The standard InChI is InChI=1S/C18H21N3O4/c1-5-21(10-12(2)3)15(22)11-25-18(24)16-13-8-6-7-9-14(13)17(23)20(4)19-16/h6-9H,2,5,10-11H2,1,3-4H3. The summed E-state index contributed by atoms with van der Waals surface area (Å²) in [6, 6.07) is 6.66. The van der Waals surface area contributed by atoms with Crippen LogP contribution in [-0.4, -0.2) is 46.3 Å². The number of carbonyl (C=O) groups excluding carboxylic acids is 2. The maximum Gasteiger partial charge on any atom is 0.359 e. The summed E-state index contributed by atoms with van der Waals surface area (Å²) in [5, 5.41) is 4.75. The molecule has 1 aromatic carbocycles. The molecule has 1 aromatic heterocycles. The van der Waals surface area contributed by atoms with E-state index >= 15 is 0 Å². The number of fused-ring (bicyclic) bond motifs is 1. The lowest BCUT2D eigenvalue weighted by Gasteiger charge is -2.20. The van der Waals surface area contributed by atoms with Gasteiger partial charge >= 0.3 is 5.97 Å². The van der Waals surface area contributed by atoms with Gasteiger partial charge in [0.1, 0.15) is 0 Å². The van der Waals surface area contributed by atoms with Crippen molar-refractivity contribution >= 4 is 22.6 Å². The number of ether oxygens (including phenoxy) is 1. The van der Waals surface area contributed by atoms with E-state index in [9.17, 15) is 14.4 Å². The largest absolute Gasteiger partial charge is 0.451 e. The highest BCUT2D eigenvalue weighted by Crippen LogP contribution is 2.14. The fourth-order valence-electron chi connectivity index (χ4n) is 2.44. The molecule has 0 aliphatic heterocycles. The van der Waals surface area contributed by atoms with Crippen LogP contribution in [0.4, 0.5) is 0 Å². The number of esters is 1. The van der Waals surface area contributed by atoms with Crippen LogP contribution in [0.3, 0.4) is 0 Å². The van der Waals surface area contributed by atoms with Gasteiger partial charge in [0.25, 0.3) is 11.5 Å². The minimum atomic E-state index is -0.744. The van der Waals surface area contributed by atoms with E-state index in [1.54, 1.807) is 29.2 Å². The van der Waals surface area contributed by atoms with E-state index in [2.05, 4.69) is 11.7 Å². The molecule has 0 fully saturated rings. The zero-order valence-corrected chi connectivity index (χ0v) is 14.6. The van der Waals surface area contributed by atoms with E-state index in [-0.39, 0.29) is 17.2 Å². The van der Waals surface area contributed by atoms with E-state index < -0.39 is 12.6 Å². The molecule has 0 N–H and O–H groups in total. The van der Waals surface area contributed by atoms with Crippen LogP contribution in [0.25, 0.3) is 10.8 Å². The number of nitrogens with zero attached hydrogens (tertiary/aromatic N) is 3. The molecule has 7 heteroatoms. The van der Waals surface area contributed by atoms with Gasteiger partial charge in [-0.05, 0) is 19.9 Å². The van der Waals surface area contributed by atoms with Crippen LogP contribution in [0.15, 0.2) is 41.2 Å². The van der Waals surface area contributed by atoms with Gasteiger partial charge in [0.2, 0.25) is 0 Å². The number of benzene rings is 1. The SMILES string of the molecule is C=C(C)CN(CC)C(=O)COC(=O)c1nn(C)c(=O)c2ccccc12. The molecule has 25 heavy (non-hydrogen) atoms. The van der Waals surface area contributed by atoms with Gasteiger partial charge in [-0.3, -0.25) is 9.59 Å². The van der Waals surface area contributed by atoms with Crippen LogP contribution >= 0.6 is 0 Å². The molecular weight excluding hydrogens is 322 g/mol. The van der Waals surface area contributed by atoms with Gasteiger partial charge in [0.15, 0.2) is 12.3 Å². The molecule has 0 radical (unpaired) electrons. The molecule has 0 unspecified atom stereocenters. The predicted molar refractivity (Wildman–Crippen MR) is 94.3 cm³/mol. The first-order valence-electron chi connectivity index (χ1n) is 7.90. The molecule has 0 aliphatic carbocycles. The highest BCUT2D eigenvalue weighted by atomic mass is 16.5. The van der Waals surface area contributed by atoms with Crippen molar-refractivity contribution in [3.05, 3.63) is 52.5 Å². The van der Waals surface area contributed by atoms with E-state index in [1.807, 2.05) is 13.8 Å². The number of rotatable bonds is 6. The normalized spacial score (nSPS) is 10.5. The predicted octanol–water partition coefficient (Wildman–Crippen LogP) is 1.51. The van der Waals surface area contributed by atoms with Crippen LogP contribution in [0.1, 0.15) is 24.3 Å². The molecule has 2 aromatic rings. The Morgan fingerprint density at radius 1 is 1.28 bits per heavy atom. The monoisotopic (exact) mass is 343 g/mol. The van der Waals surface area contributed by atoms with Gasteiger partial charge in [0, 0.05) is 25.5 Å². The highest BCUT2D eigenvalue weighted by molar-refractivity contribution is 6.02. The average Bonchev–Trinajstić information content (AvgIpc) is 2.60. The van der Waals surface area contributed by atoms with E-state index in [0.717, 1.165) is 10.3 Å². The van der Waals surface area contributed by atoms with Gasteiger partial charge in [-0.15, -0.1) is 0 Å². The fourth-order valence-corrected chi connectivity index (χ4v) is 2.44.